The standard InChI is InChI=1S/C12H14N4O2/c1-18-12-9(3-2-5-14-12)7-15-10-4-6-13-11(8-17)16-10/h2-6,17H,7-8H2,1H3,(H,13,15,16). The molecule has 0 unspecified atom stereocenters. The van der Waals surface area contributed by atoms with E-state index in [9.17, 15) is 0 Å². The highest BCUT2D eigenvalue weighted by Gasteiger charge is 2.03. The van der Waals surface area contributed by atoms with Crippen molar-refractivity contribution in [2.24, 2.45) is 0 Å². The fraction of sp³-hybridized carbons (Fsp3) is 0.250. The lowest BCUT2D eigenvalue weighted by atomic mass is 10.2. The van der Waals surface area contributed by atoms with Crippen molar-refractivity contribution in [3.8, 4) is 5.88 Å². The summed E-state index contributed by atoms with van der Waals surface area (Å²) in [6.45, 7) is 0.366. The Kier molecular flexibility index (Phi) is 4.03. The third-order valence-corrected chi connectivity index (χ3v) is 2.35. The van der Waals surface area contributed by atoms with Gasteiger partial charge >= 0.3 is 0 Å². The van der Waals surface area contributed by atoms with Gasteiger partial charge in [-0.25, -0.2) is 15.0 Å². The van der Waals surface area contributed by atoms with Gasteiger partial charge in [-0.15, -0.1) is 0 Å². The van der Waals surface area contributed by atoms with Crippen LogP contribution in [0.2, 0.25) is 0 Å². The quantitative estimate of drug-likeness (QED) is 0.818. The zero-order chi connectivity index (χ0) is 12.8. The molecule has 2 aromatic heterocycles. The summed E-state index contributed by atoms with van der Waals surface area (Å²) in [6, 6.07) is 5.51. The first-order valence-corrected chi connectivity index (χ1v) is 5.48. The maximum Gasteiger partial charge on any atom is 0.218 e. The summed E-state index contributed by atoms with van der Waals surface area (Å²) < 4.78 is 5.15. The molecule has 0 radical (unpaired) electrons. The number of rotatable bonds is 5. The number of hydrogen-bond donors (Lipinski definition) is 2. The van der Waals surface area contributed by atoms with E-state index in [2.05, 4.69) is 20.3 Å². The second kappa shape index (κ2) is 5.92. The van der Waals surface area contributed by atoms with Gasteiger partial charge < -0.3 is 15.2 Å². The number of methoxy groups -OCH3 is 1. The van der Waals surface area contributed by atoms with Crippen LogP contribution in [0.5, 0.6) is 5.88 Å². The molecule has 18 heavy (non-hydrogen) atoms. The molecule has 0 saturated heterocycles. The number of pyridine rings is 1. The fourth-order valence-electron chi connectivity index (χ4n) is 1.50. The Hall–Kier alpha value is -2.21. The summed E-state index contributed by atoms with van der Waals surface area (Å²) in [7, 11) is 1.58. The largest absolute Gasteiger partial charge is 0.481 e. The molecule has 94 valence electrons. The molecule has 0 amide bonds. The third kappa shape index (κ3) is 2.92. The van der Waals surface area contributed by atoms with E-state index in [0.29, 0.717) is 24.1 Å². The van der Waals surface area contributed by atoms with Gasteiger partial charge in [-0.3, -0.25) is 0 Å². The van der Waals surface area contributed by atoms with Crippen molar-refractivity contribution in [3.05, 3.63) is 42.0 Å². The van der Waals surface area contributed by atoms with E-state index in [1.165, 1.54) is 0 Å². The summed E-state index contributed by atoms with van der Waals surface area (Å²) in [6.07, 6.45) is 3.28. The van der Waals surface area contributed by atoms with Crippen LogP contribution < -0.4 is 10.1 Å². The Balaban J connectivity index is 2.06. The minimum absolute atomic E-state index is 0.175. The Labute approximate surface area is 105 Å². The van der Waals surface area contributed by atoms with Crippen molar-refractivity contribution in [1.82, 2.24) is 15.0 Å². The molecule has 2 aromatic rings. The van der Waals surface area contributed by atoms with Gasteiger partial charge in [-0.05, 0) is 12.1 Å². The van der Waals surface area contributed by atoms with Crippen LogP contribution in [0.4, 0.5) is 5.82 Å². The molecule has 0 aliphatic carbocycles. The second-order valence-corrected chi connectivity index (χ2v) is 3.54. The van der Waals surface area contributed by atoms with Crippen molar-refractivity contribution in [3.63, 3.8) is 0 Å². The number of hydrogen-bond acceptors (Lipinski definition) is 6. The Morgan fingerprint density at radius 1 is 1.28 bits per heavy atom. The lowest BCUT2D eigenvalue weighted by Crippen LogP contribution is -2.05. The van der Waals surface area contributed by atoms with Gasteiger partial charge in [-0.1, -0.05) is 6.07 Å². The Bertz CT molecular complexity index is 519. The molecule has 6 heteroatoms. The minimum Gasteiger partial charge on any atom is -0.481 e. The monoisotopic (exact) mass is 246 g/mol. The molecule has 0 aliphatic rings. The molecule has 2 N–H and O–H groups in total. The third-order valence-electron chi connectivity index (χ3n) is 2.35. The first-order valence-electron chi connectivity index (χ1n) is 5.48. The van der Waals surface area contributed by atoms with Crippen LogP contribution in [0.25, 0.3) is 0 Å². The lowest BCUT2D eigenvalue weighted by molar-refractivity contribution is 0.271. The zero-order valence-corrected chi connectivity index (χ0v) is 10.00. The van der Waals surface area contributed by atoms with Gasteiger partial charge in [0.25, 0.3) is 0 Å². The van der Waals surface area contributed by atoms with E-state index >= 15 is 0 Å². The normalized spacial score (nSPS) is 10.1. The summed E-state index contributed by atoms with van der Waals surface area (Å²) in [4.78, 5) is 12.1. The predicted molar refractivity (Wildman–Crippen MR) is 66.1 cm³/mol. The average molecular weight is 246 g/mol. The van der Waals surface area contributed by atoms with Crippen LogP contribution in [0.3, 0.4) is 0 Å². The van der Waals surface area contributed by atoms with Gasteiger partial charge in [0.15, 0.2) is 5.82 Å². The van der Waals surface area contributed by atoms with Gasteiger partial charge in [-0.2, -0.15) is 0 Å². The van der Waals surface area contributed by atoms with Crippen molar-refractivity contribution in [1.29, 1.82) is 0 Å². The number of nitrogens with one attached hydrogen (secondary N) is 1. The highest BCUT2D eigenvalue weighted by molar-refractivity contribution is 5.36. The Morgan fingerprint density at radius 3 is 2.94 bits per heavy atom. The van der Waals surface area contributed by atoms with Gasteiger partial charge in [0, 0.05) is 24.5 Å². The molecule has 0 aliphatic heterocycles. The molecule has 0 atom stereocenters. The molecule has 2 rings (SSSR count). The smallest absolute Gasteiger partial charge is 0.218 e. The SMILES string of the molecule is COc1ncccc1CNc1ccnc(CO)n1. The van der Waals surface area contributed by atoms with Crippen LogP contribution >= 0.6 is 0 Å². The highest BCUT2D eigenvalue weighted by Crippen LogP contribution is 2.15. The molecule has 0 fully saturated rings. The molecular weight excluding hydrogens is 232 g/mol. The summed E-state index contributed by atoms with van der Waals surface area (Å²) in [5.41, 5.74) is 0.934. The average Bonchev–Trinajstić information content (AvgIpc) is 2.45. The molecule has 0 saturated carbocycles. The maximum absolute atomic E-state index is 8.95. The van der Waals surface area contributed by atoms with Gasteiger partial charge in [0.2, 0.25) is 5.88 Å². The Morgan fingerprint density at radius 2 is 2.17 bits per heavy atom. The fourth-order valence-corrected chi connectivity index (χ4v) is 1.50. The predicted octanol–water partition coefficient (Wildman–Crippen LogP) is 0.985. The van der Waals surface area contributed by atoms with Crippen LogP contribution in [0, 0.1) is 0 Å². The molecular formula is C12H14N4O2. The second-order valence-electron chi connectivity index (χ2n) is 3.54. The number of aliphatic hydroxyl groups is 1. The van der Waals surface area contributed by atoms with E-state index in [1.807, 2.05) is 12.1 Å². The van der Waals surface area contributed by atoms with Gasteiger partial charge in [0.05, 0.1) is 7.11 Å². The number of aliphatic hydroxyl groups excluding tert-OH is 1. The molecule has 0 spiro atoms. The summed E-state index contributed by atoms with van der Waals surface area (Å²) >= 11 is 0. The van der Waals surface area contributed by atoms with Crippen LogP contribution in [0.15, 0.2) is 30.6 Å². The first-order chi connectivity index (χ1) is 8.83. The minimum atomic E-state index is -0.175. The highest BCUT2D eigenvalue weighted by atomic mass is 16.5. The van der Waals surface area contributed by atoms with Crippen molar-refractivity contribution < 1.29 is 9.84 Å². The van der Waals surface area contributed by atoms with Crippen molar-refractivity contribution >= 4 is 5.82 Å². The van der Waals surface area contributed by atoms with E-state index in [0.717, 1.165) is 5.56 Å². The summed E-state index contributed by atoms with van der Waals surface area (Å²) in [5, 5.41) is 12.1. The molecule has 0 bridgehead atoms. The van der Waals surface area contributed by atoms with Crippen LogP contribution in [-0.2, 0) is 13.2 Å². The van der Waals surface area contributed by atoms with Crippen molar-refractivity contribution in [2.45, 2.75) is 13.2 Å². The van der Waals surface area contributed by atoms with E-state index < -0.39 is 0 Å². The topological polar surface area (TPSA) is 80.2 Å². The van der Waals surface area contributed by atoms with Crippen molar-refractivity contribution in [2.75, 3.05) is 12.4 Å². The van der Waals surface area contributed by atoms with Gasteiger partial charge in [0.1, 0.15) is 12.4 Å². The number of aromatic nitrogens is 3. The first kappa shape index (κ1) is 12.3. The number of ether oxygens (including phenoxy) is 1. The summed E-state index contributed by atoms with van der Waals surface area (Å²) in [5.74, 6) is 1.62. The van der Waals surface area contributed by atoms with E-state index in [1.54, 1.807) is 25.6 Å². The van der Waals surface area contributed by atoms with E-state index in [4.69, 9.17) is 9.84 Å². The number of nitrogens with zero attached hydrogens (tertiary/aromatic N) is 3. The molecule has 2 heterocycles. The number of anilines is 1. The van der Waals surface area contributed by atoms with Crippen LogP contribution in [-0.4, -0.2) is 27.2 Å². The maximum atomic E-state index is 8.95. The molecule has 6 nitrogen and oxygen atoms in total. The molecule has 0 aromatic carbocycles. The van der Waals surface area contributed by atoms with Crippen LogP contribution in [0.1, 0.15) is 11.4 Å². The van der Waals surface area contributed by atoms with E-state index in [-0.39, 0.29) is 6.61 Å². The lowest BCUT2D eigenvalue weighted by Gasteiger charge is -2.09. The zero-order valence-electron chi connectivity index (χ0n) is 10.00.